The quantitative estimate of drug-likeness (QED) is 0.763. The second-order valence-electron chi connectivity index (χ2n) is 5.34. The van der Waals surface area contributed by atoms with Gasteiger partial charge in [-0.15, -0.1) is 0 Å². The monoisotopic (exact) mass is 359 g/mol. The molecule has 1 aliphatic rings. The third-order valence-corrected chi connectivity index (χ3v) is 4.94. The molecule has 0 spiro atoms. The molecule has 2 heterocycles. The Morgan fingerprint density at radius 2 is 1.80 bits per heavy atom. The second kappa shape index (κ2) is 5.78. The number of nitrogens with one attached hydrogen (secondary N) is 1. The van der Waals surface area contributed by atoms with Crippen LogP contribution in [0, 0.1) is 6.92 Å². The molecule has 3 aromatic rings. The number of ether oxygens (including phenoxy) is 2. The van der Waals surface area contributed by atoms with Crippen LogP contribution < -0.4 is 14.2 Å². The Balaban J connectivity index is 1.56. The van der Waals surface area contributed by atoms with Crippen LogP contribution in [0.1, 0.15) is 5.82 Å². The number of anilines is 1. The Morgan fingerprint density at radius 1 is 1.04 bits per heavy atom. The number of benzene rings is 2. The van der Waals surface area contributed by atoms with Crippen molar-refractivity contribution in [3.8, 4) is 23.0 Å². The first-order valence-electron chi connectivity index (χ1n) is 7.34. The average molecular weight is 359 g/mol. The van der Waals surface area contributed by atoms with Crippen molar-refractivity contribution in [3.05, 3.63) is 48.3 Å². The molecule has 0 saturated heterocycles. The summed E-state index contributed by atoms with van der Waals surface area (Å²) in [6.45, 7) is 1.81. The fraction of sp³-hybridized carbons (Fsp3) is 0.125. The zero-order chi connectivity index (χ0) is 17.4. The van der Waals surface area contributed by atoms with Crippen LogP contribution in [0.5, 0.6) is 11.5 Å². The SMILES string of the molecule is Cc1noc(-c2ccc(NS(=O)(=O)c3ccc4c(c3)OCO4)cc2)n1. The van der Waals surface area contributed by atoms with Gasteiger partial charge in [0.05, 0.1) is 4.90 Å². The van der Waals surface area contributed by atoms with Gasteiger partial charge in [-0.1, -0.05) is 5.16 Å². The van der Waals surface area contributed by atoms with Gasteiger partial charge in [0.1, 0.15) is 0 Å². The van der Waals surface area contributed by atoms with Gasteiger partial charge in [0.15, 0.2) is 17.3 Å². The van der Waals surface area contributed by atoms with Crippen LogP contribution in [0.4, 0.5) is 5.69 Å². The second-order valence-corrected chi connectivity index (χ2v) is 7.03. The largest absolute Gasteiger partial charge is 0.454 e. The maximum absolute atomic E-state index is 12.5. The summed E-state index contributed by atoms with van der Waals surface area (Å²) in [5.41, 5.74) is 1.12. The Morgan fingerprint density at radius 3 is 2.52 bits per heavy atom. The third kappa shape index (κ3) is 3.01. The highest BCUT2D eigenvalue weighted by Gasteiger charge is 2.20. The number of nitrogens with zero attached hydrogens (tertiary/aromatic N) is 2. The van der Waals surface area contributed by atoms with Gasteiger partial charge in [0.25, 0.3) is 15.9 Å². The first-order valence-corrected chi connectivity index (χ1v) is 8.83. The van der Waals surface area contributed by atoms with E-state index < -0.39 is 10.0 Å². The van der Waals surface area contributed by atoms with Crippen LogP contribution in [-0.4, -0.2) is 25.4 Å². The Bertz CT molecular complexity index is 1030. The molecule has 1 aromatic heterocycles. The molecule has 25 heavy (non-hydrogen) atoms. The molecule has 0 saturated carbocycles. The lowest BCUT2D eigenvalue weighted by molar-refractivity contribution is 0.174. The summed E-state index contributed by atoms with van der Waals surface area (Å²) in [6, 6.07) is 11.1. The van der Waals surface area contributed by atoms with Crippen molar-refractivity contribution >= 4 is 15.7 Å². The minimum Gasteiger partial charge on any atom is -0.454 e. The molecule has 0 amide bonds. The van der Waals surface area contributed by atoms with Crippen LogP contribution in [0.25, 0.3) is 11.5 Å². The van der Waals surface area contributed by atoms with E-state index in [0.717, 1.165) is 0 Å². The fourth-order valence-electron chi connectivity index (χ4n) is 2.35. The van der Waals surface area contributed by atoms with Crippen molar-refractivity contribution < 1.29 is 22.4 Å². The zero-order valence-electron chi connectivity index (χ0n) is 13.1. The van der Waals surface area contributed by atoms with E-state index in [1.54, 1.807) is 37.3 Å². The van der Waals surface area contributed by atoms with E-state index in [9.17, 15) is 8.42 Å². The number of rotatable bonds is 4. The van der Waals surface area contributed by atoms with Gasteiger partial charge in [-0.2, -0.15) is 4.98 Å². The molecule has 0 fully saturated rings. The van der Waals surface area contributed by atoms with Crippen molar-refractivity contribution in [1.29, 1.82) is 0 Å². The number of fused-ring (bicyclic) bond motifs is 1. The molecule has 0 unspecified atom stereocenters. The minimum atomic E-state index is -3.75. The van der Waals surface area contributed by atoms with E-state index in [1.165, 1.54) is 12.1 Å². The number of sulfonamides is 1. The van der Waals surface area contributed by atoms with Gasteiger partial charge in [-0.05, 0) is 43.3 Å². The minimum absolute atomic E-state index is 0.0862. The lowest BCUT2D eigenvalue weighted by atomic mass is 10.2. The molecule has 4 rings (SSSR count). The van der Waals surface area contributed by atoms with Crippen LogP contribution in [-0.2, 0) is 10.0 Å². The summed E-state index contributed by atoms with van der Waals surface area (Å²) in [4.78, 5) is 4.21. The first kappa shape index (κ1) is 15.5. The number of aryl methyl sites for hydroxylation is 1. The molecule has 0 radical (unpaired) electrons. The number of aromatic nitrogens is 2. The summed E-state index contributed by atoms with van der Waals surface area (Å²) in [6.07, 6.45) is 0. The molecule has 0 bridgehead atoms. The van der Waals surface area contributed by atoms with Crippen molar-refractivity contribution in [1.82, 2.24) is 10.1 Å². The maximum atomic E-state index is 12.5. The van der Waals surface area contributed by atoms with E-state index in [2.05, 4.69) is 14.9 Å². The van der Waals surface area contributed by atoms with E-state index in [1.807, 2.05) is 0 Å². The molecule has 0 atom stereocenters. The van der Waals surface area contributed by atoms with Gasteiger partial charge < -0.3 is 14.0 Å². The predicted octanol–water partition coefficient (Wildman–Crippen LogP) is 2.57. The Labute approximate surface area is 143 Å². The molecule has 0 aliphatic carbocycles. The van der Waals surface area contributed by atoms with Crippen molar-refractivity contribution in [2.24, 2.45) is 0 Å². The van der Waals surface area contributed by atoms with E-state index in [4.69, 9.17) is 14.0 Å². The molecule has 128 valence electrons. The highest BCUT2D eigenvalue weighted by molar-refractivity contribution is 7.92. The predicted molar refractivity (Wildman–Crippen MR) is 87.8 cm³/mol. The van der Waals surface area contributed by atoms with Crippen molar-refractivity contribution in [3.63, 3.8) is 0 Å². The van der Waals surface area contributed by atoms with Crippen LogP contribution in [0.15, 0.2) is 51.9 Å². The van der Waals surface area contributed by atoms with Gasteiger partial charge in [0, 0.05) is 17.3 Å². The van der Waals surface area contributed by atoms with Crippen LogP contribution >= 0.6 is 0 Å². The maximum Gasteiger partial charge on any atom is 0.262 e. The highest BCUT2D eigenvalue weighted by atomic mass is 32.2. The van der Waals surface area contributed by atoms with Gasteiger partial charge in [-0.3, -0.25) is 4.72 Å². The highest BCUT2D eigenvalue weighted by Crippen LogP contribution is 2.34. The Kier molecular flexibility index (Phi) is 3.57. The average Bonchev–Trinajstić information content (AvgIpc) is 3.23. The lowest BCUT2D eigenvalue weighted by Crippen LogP contribution is -2.12. The molecule has 9 heteroatoms. The first-order chi connectivity index (χ1) is 12.0. The summed E-state index contributed by atoms with van der Waals surface area (Å²) >= 11 is 0. The fourth-order valence-corrected chi connectivity index (χ4v) is 3.43. The summed E-state index contributed by atoms with van der Waals surface area (Å²) in [5, 5.41) is 3.72. The standard InChI is InChI=1S/C16H13N3O5S/c1-10-17-16(24-18-10)11-2-4-12(5-3-11)19-25(20,21)13-6-7-14-15(8-13)23-9-22-14/h2-8,19H,9H2,1H3. The van der Waals surface area contributed by atoms with Crippen molar-refractivity contribution in [2.75, 3.05) is 11.5 Å². The third-order valence-electron chi connectivity index (χ3n) is 3.57. The molecule has 8 nitrogen and oxygen atoms in total. The molecular formula is C16H13N3O5S. The molecule has 2 aromatic carbocycles. The number of hydrogen-bond donors (Lipinski definition) is 1. The van der Waals surface area contributed by atoms with E-state index in [0.29, 0.717) is 34.5 Å². The summed E-state index contributed by atoms with van der Waals surface area (Å²) in [5.74, 6) is 1.84. The Hall–Kier alpha value is -3.07. The van der Waals surface area contributed by atoms with E-state index in [-0.39, 0.29) is 11.7 Å². The molecular weight excluding hydrogens is 346 g/mol. The summed E-state index contributed by atoms with van der Waals surface area (Å²) in [7, 11) is -3.75. The van der Waals surface area contributed by atoms with Gasteiger partial charge in [0.2, 0.25) is 6.79 Å². The topological polar surface area (TPSA) is 104 Å². The lowest BCUT2D eigenvalue weighted by Gasteiger charge is -2.09. The number of hydrogen-bond acceptors (Lipinski definition) is 7. The molecule has 1 aliphatic heterocycles. The smallest absolute Gasteiger partial charge is 0.262 e. The molecule has 1 N–H and O–H groups in total. The normalized spacial score (nSPS) is 13.0. The van der Waals surface area contributed by atoms with Crippen molar-refractivity contribution in [2.45, 2.75) is 11.8 Å². The van der Waals surface area contributed by atoms with Crippen LogP contribution in [0.3, 0.4) is 0 Å². The van der Waals surface area contributed by atoms with E-state index >= 15 is 0 Å². The van der Waals surface area contributed by atoms with Gasteiger partial charge >= 0.3 is 0 Å². The van der Waals surface area contributed by atoms with Crippen LogP contribution in [0.2, 0.25) is 0 Å². The van der Waals surface area contributed by atoms with Gasteiger partial charge in [-0.25, -0.2) is 8.42 Å². The zero-order valence-corrected chi connectivity index (χ0v) is 13.9. The summed E-state index contributed by atoms with van der Waals surface area (Å²) < 4.78 is 43.0.